The fraction of sp³-hybridized carbons (Fsp3) is 0.154. The molecule has 0 saturated carbocycles. The lowest BCUT2D eigenvalue weighted by Gasteiger charge is -2.15. The Kier molecular flexibility index (Phi) is 7.78. The zero-order valence-electron chi connectivity index (χ0n) is 21.3. The van der Waals surface area contributed by atoms with Crippen molar-refractivity contribution in [3.05, 3.63) is 112 Å². The molecule has 42 heavy (non-hydrogen) atoms. The third-order valence-electron chi connectivity index (χ3n) is 6.00. The number of benzene rings is 2. The topological polar surface area (TPSA) is 145 Å². The van der Waals surface area contributed by atoms with Crippen LogP contribution < -0.4 is 11.2 Å². The quantitative estimate of drug-likeness (QED) is 0.273. The highest BCUT2D eigenvalue weighted by Gasteiger charge is 2.39. The Hall–Kier alpha value is -5.02. The number of amides is 1. The molecule has 3 aromatic heterocycles. The van der Waals surface area contributed by atoms with Gasteiger partial charge in [0.05, 0.1) is 17.8 Å². The molecule has 0 fully saturated rings. The summed E-state index contributed by atoms with van der Waals surface area (Å²) < 4.78 is 42.9. The number of carbonyl (C=O) groups is 1. The summed E-state index contributed by atoms with van der Waals surface area (Å²) in [4.78, 5) is 34.2. The van der Waals surface area contributed by atoms with Crippen molar-refractivity contribution in [2.45, 2.75) is 25.4 Å². The summed E-state index contributed by atoms with van der Waals surface area (Å²) in [6.45, 7) is -1.42. The van der Waals surface area contributed by atoms with E-state index in [1.165, 1.54) is 53.6 Å². The molecular formula is C26H20ClF3N8O4. The van der Waals surface area contributed by atoms with Gasteiger partial charge in [0, 0.05) is 16.8 Å². The molecule has 12 nitrogen and oxygen atoms in total. The Bertz CT molecular complexity index is 1880. The summed E-state index contributed by atoms with van der Waals surface area (Å²) in [5.41, 5.74) is -0.224. The third-order valence-corrected chi connectivity index (χ3v) is 6.26. The van der Waals surface area contributed by atoms with E-state index in [2.05, 4.69) is 20.2 Å². The van der Waals surface area contributed by atoms with Crippen molar-refractivity contribution < 1.29 is 28.3 Å². The van der Waals surface area contributed by atoms with E-state index in [-0.39, 0.29) is 29.2 Å². The van der Waals surface area contributed by atoms with Crippen LogP contribution in [0.15, 0.2) is 89.0 Å². The Morgan fingerprint density at radius 2 is 1.74 bits per heavy atom. The minimum atomic E-state index is -4.96. The van der Waals surface area contributed by atoms with Crippen molar-refractivity contribution in [1.82, 2.24) is 33.8 Å². The molecule has 216 valence electrons. The molecule has 5 rings (SSSR count). The van der Waals surface area contributed by atoms with Crippen molar-refractivity contribution in [1.29, 1.82) is 0 Å². The number of nitrogens with zero attached hydrogens (tertiary/aromatic N) is 8. The standard InChI is InChI=1S/C26H20ClF3N8O4/c27-17-10-8-16(9-11-17)23-34-36(25(41)35(23)13-20(39)26(28,29)30)14-21-31-15-37(33-21)19-6-2-1-5-18(19)24(40)32-22-7-3-4-12-38(22)42/h1-12,15,20,39,42H,13-14H2. The average molecular weight is 601 g/mol. The molecule has 1 amide bonds. The number of hydrogen-bond acceptors (Lipinski definition) is 7. The van der Waals surface area contributed by atoms with Crippen LogP contribution in [0.4, 0.5) is 13.2 Å². The number of rotatable bonds is 7. The highest BCUT2D eigenvalue weighted by Crippen LogP contribution is 2.24. The van der Waals surface area contributed by atoms with E-state index in [9.17, 15) is 33.1 Å². The number of para-hydroxylation sites is 1. The minimum Gasteiger partial charge on any atom is -0.427 e. The minimum absolute atomic E-state index is 0.00123. The van der Waals surface area contributed by atoms with Gasteiger partial charge in [0.2, 0.25) is 0 Å². The molecule has 0 spiro atoms. The summed E-state index contributed by atoms with van der Waals surface area (Å²) in [6.07, 6.45) is -5.18. The molecule has 0 saturated heterocycles. The van der Waals surface area contributed by atoms with Crippen LogP contribution in [0.5, 0.6) is 0 Å². The molecule has 0 bridgehead atoms. The van der Waals surface area contributed by atoms with E-state index in [1.807, 2.05) is 0 Å². The van der Waals surface area contributed by atoms with Gasteiger partial charge in [-0.05, 0) is 48.5 Å². The van der Waals surface area contributed by atoms with Crippen LogP contribution in [-0.2, 0) is 13.1 Å². The largest absolute Gasteiger partial charge is 0.427 e. The van der Waals surface area contributed by atoms with Crippen molar-refractivity contribution in [2.24, 2.45) is 4.99 Å². The van der Waals surface area contributed by atoms with Crippen LogP contribution in [0.25, 0.3) is 17.1 Å². The average Bonchev–Trinajstić information content (AvgIpc) is 3.55. The van der Waals surface area contributed by atoms with Crippen molar-refractivity contribution in [3.63, 3.8) is 0 Å². The molecule has 1 atom stereocenters. The van der Waals surface area contributed by atoms with Gasteiger partial charge in [0.15, 0.2) is 23.2 Å². The molecule has 1 unspecified atom stereocenters. The van der Waals surface area contributed by atoms with Crippen LogP contribution in [-0.4, -0.2) is 62.3 Å². The van der Waals surface area contributed by atoms with Gasteiger partial charge in [-0.3, -0.25) is 9.36 Å². The fourth-order valence-electron chi connectivity index (χ4n) is 3.95. The molecule has 0 radical (unpaired) electrons. The molecule has 0 aliphatic rings. The van der Waals surface area contributed by atoms with Crippen LogP contribution in [0.1, 0.15) is 16.2 Å². The summed E-state index contributed by atoms with van der Waals surface area (Å²) in [6, 6.07) is 16.9. The summed E-state index contributed by atoms with van der Waals surface area (Å²) in [5, 5.41) is 28.4. The van der Waals surface area contributed by atoms with Gasteiger partial charge in [0.25, 0.3) is 5.91 Å². The molecule has 2 N–H and O–H groups in total. The van der Waals surface area contributed by atoms with E-state index in [1.54, 1.807) is 30.3 Å². The number of aliphatic hydroxyl groups is 1. The number of hydrogen-bond donors (Lipinski definition) is 2. The molecule has 3 heterocycles. The maximum absolute atomic E-state index is 13.1. The SMILES string of the molecule is O=C(N=c1ccccn1O)c1ccccc1-n1cnc(Cn2nc(-c3ccc(Cl)cc3)n(CC(O)C(F)(F)F)c2=O)n1. The van der Waals surface area contributed by atoms with Gasteiger partial charge in [-0.25, -0.2) is 19.1 Å². The van der Waals surface area contributed by atoms with Crippen molar-refractivity contribution in [2.75, 3.05) is 0 Å². The van der Waals surface area contributed by atoms with E-state index in [0.29, 0.717) is 25.6 Å². The Balaban J connectivity index is 1.48. The summed E-state index contributed by atoms with van der Waals surface area (Å²) >= 11 is 5.92. The van der Waals surface area contributed by atoms with E-state index in [4.69, 9.17) is 11.6 Å². The second-order valence-electron chi connectivity index (χ2n) is 8.88. The van der Waals surface area contributed by atoms with Crippen LogP contribution in [0, 0.1) is 0 Å². The lowest BCUT2D eigenvalue weighted by molar-refractivity contribution is -0.207. The smallest absolute Gasteiger partial charge is 0.416 e. The van der Waals surface area contributed by atoms with Gasteiger partial charge < -0.3 is 10.3 Å². The second kappa shape index (κ2) is 11.5. The Morgan fingerprint density at radius 1 is 1.02 bits per heavy atom. The Labute approximate surface area is 238 Å². The summed E-state index contributed by atoms with van der Waals surface area (Å²) in [5.74, 6) is -0.752. The molecular weight excluding hydrogens is 581 g/mol. The Morgan fingerprint density at radius 3 is 2.45 bits per heavy atom. The third kappa shape index (κ3) is 6.01. The number of halogens is 4. The van der Waals surface area contributed by atoms with Crippen LogP contribution in [0.2, 0.25) is 5.02 Å². The lowest BCUT2D eigenvalue weighted by atomic mass is 10.1. The van der Waals surface area contributed by atoms with E-state index >= 15 is 0 Å². The van der Waals surface area contributed by atoms with Gasteiger partial charge in [-0.1, -0.05) is 29.8 Å². The normalized spacial score (nSPS) is 12.9. The number of alkyl halides is 3. The maximum Gasteiger partial charge on any atom is 0.416 e. The van der Waals surface area contributed by atoms with Crippen molar-refractivity contribution >= 4 is 17.5 Å². The van der Waals surface area contributed by atoms with Crippen molar-refractivity contribution in [3.8, 4) is 17.1 Å². The molecule has 0 aliphatic heterocycles. The second-order valence-corrected chi connectivity index (χ2v) is 9.32. The monoisotopic (exact) mass is 600 g/mol. The highest BCUT2D eigenvalue weighted by atomic mass is 35.5. The van der Waals surface area contributed by atoms with E-state index in [0.717, 1.165) is 4.68 Å². The zero-order chi connectivity index (χ0) is 30.0. The van der Waals surface area contributed by atoms with E-state index < -0.39 is 30.4 Å². The first kappa shape index (κ1) is 28.5. The fourth-order valence-corrected chi connectivity index (χ4v) is 4.08. The predicted molar refractivity (Wildman–Crippen MR) is 141 cm³/mol. The van der Waals surface area contributed by atoms with Crippen LogP contribution >= 0.6 is 11.6 Å². The maximum atomic E-state index is 13.1. The molecule has 2 aromatic carbocycles. The molecule has 5 aromatic rings. The molecule has 16 heteroatoms. The number of pyridine rings is 1. The number of carbonyl (C=O) groups excluding carboxylic acids is 1. The predicted octanol–water partition coefficient (Wildman–Crippen LogP) is 2.70. The van der Waals surface area contributed by atoms with Gasteiger partial charge in [-0.15, -0.1) is 10.2 Å². The first-order valence-corrected chi connectivity index (χ1v) is 12.5. The van der Waals surface area contributed by atoms with Gasteiger partial charge >= 0.3 is 11.9 Å². The van der Waals surface area contributed by atoms with Gasteiger partial charge in [-0.2, -0.15) is 22.9 Å². The first-order valence-electron chi connectivity index (χ1n) is 12.2. The molecule has 0 aliphatic carbocycles. The number of aromatic nitrogens is 7. The van der Waals surface area contributed by atoms with Crippen LogP contribution in [0.3, 0.4) is 0 Å². The summed E-state index contributed by atoms with van der Waals surface area (Å²) in [7, 11) is 0. The highest BCUT2D eigenvalue weighted by molar-refractivity contribution is 6.30. The zero-order valence-corrected chi connectivity index (χ0v) is 22.1. The lowest BCUT2D eigenvalue weighted by Crippen LogP contribution is -2.37. The van der Waals surface area contributed by atoms with Gasteiger partial charge in [0.1, 0.15) is 12.9 Å². The first-order chi connectivity index (χ1) is 20.0. The number of aliphatic hydroxyl groups excluding tert-OH is 1.